The van der Waals surface area contributed by atoms with Crippen molar-refractivity contribution >= 4 is 5.84 Å². The van der Waals surface area contributed by atoms with Gasteiger partial charge in [0.1, 0.15) is 11.6 Å². The summed E-state index contributed by atoms with van der Waals surface area (Å²) in [6.07, 6.45) is 2.10. The lowest BCUT2D eigenvalue weighted by atomic mass is 9.93. The first-order chi connectivity index (χ1) is 9.94. The monoisotopic (exact) mass is 289 g/mol. The predicted molar refractivity (Wildman–Crippen MR) is 88.0 cm³/mol. The minimum Gasteiger partial charge on any atom is -0.494 e. The van der Waals surface area contributed by atoms with E-state index in [0.717, 1.165) is 43.9 Å². The molecule has 1 heterocycles. The highest BCUT2D eigenvalue weighted by atomic mass is 16.5. The van der Waals surface area contributed by atoms with Crippen LogP contribution in [0.25, 0.3) is 0 Å². The first-order valence-electron chi connectivity index (χ1n) is 7.71. The molecule has 0 aromatic heterocycles. The van der Waals surface area contributed by atoms with E-state index in [1.807, 2.05) is 24.3 Å². The topological polar surface area (TPSA) is 59.6 Å². The molecule has 1 aliphatic rings. The summed E-state index contributed by atoms with van der Waals surface area (Å²) in [6, 6.07) is 8.20. The van der Waals surface area contributed by atoms with E-state index in [0.29, 0.717) is 17.3 Å². The molecule has 0 radical (unpaired) electrons. The first-order valence-corrected chi connectivity index (χ1v) is 7.71. The quantitative estimate of drug-likeness (QED) is 0.647. The van der Waals surface area contributed by atoms with Gasteiger partial charge in [0.05, 0.1) is 12.6 Å². The third-order valence-corrected chi connectivity index (χ3v) is 3.63. The normalized spacial score (nSPS) is 19.8. The molecule has 1 aromatic carbocycles. The highest BCUT2D eigenvalue weighted by molar-refractivity contribution is 5.97. The molecule has 4 nitrogen and oxygen atoms in total. The Balaban J connectivity index is 1.89. The number of nitrogens with zero attached hydrogens (tertiary/aromatic N) is 1. The second-order valence-corrected chi connectivity index (χ2v) is 6.84. The number of hydrogen-bond donors (Lipinski definition) is 2. The summed E-state index contributed by atoms with van der Waals surface area (Å²) in [5, 5.41) is 3.29. The molecule has 1 atom stereocenters. The van der Waals surface area contributed by atoms with Crippen LogP contribution in [0.2, 0.25) is 0 Å². The Morgan fingerprint density at radius 3 is 2.62 bits per heavy atom. The number of nitrogens with two attached hydrogens (primary N) is 1. The smallest absolute Gasteiger partial charge is 0.125 e. The second-order valence-electron chi connectivity index (χ2n) is 6.84. The van der Waals surface area contributed by atoms with Crippen molar-refractivity contribution in [1.82, 2.24) is 5.32 Å². The third-order valence-electron chi connectivity index (χ3n) is 3.63. The minimum atomic E-state index is 0.298. The molecule has 1 aromatic rings. The van der Waals surface area contributed by atoms with E-state index in [4.69, 9.17) is 10.5 Å². The summed E-state index contributed by atoms with van der Waals surface area (Å²) in [6.45, 7) is 9.34. The average molecular weight is 289 g/mol. The van der Waals surface area contributed by atoms with Crippen molar-refractivity contribution in [1.29, 1.82) is 0 Å². The van der Waals surface area contributed by atoms with Gasteiger partial charge in [-0.15, -0.1) is 0 Å². The SMILES string of the molecule is CC(C)(C)CCOc1ccc(C(N)=NC2CCNC2)cc1. The number of ether oxygens (including phenoxy) is 1. The molecule has 1 saturated heterocycles. The Kier molecular flexibility index (Phi) is 5.23. The highest BCUT2D eigenvalue weighted by Crippen LogP contribution is 2.20. The van der Waals surface area contributed by atoms with Crippen LogP contribution in [0, 0.1) is 5.41 Å². The Bertz CT molecular complexity index is 468. The van der Waals surface area contributed by atoms with E-state index in [-0.39, 0.29) is 0 Å². The van der Waals surface area contributed by atoms with Gasteiger partial charge in [0.25, 0.3) is 0 Å². The Morgan fingerprint density at radius 1 is 1.33 bits per heavy atom. The molecule has 1 unspecified atom stereocenters. The van der Waals surface area contributed by atoms with Crippen molar-refractivity contribution in [2.75, 3.05) is 19.7 Å². The van der Waals surface area contributed by atoms with Crippen LogP contribution in [0.4, 0.5) is 0 Å². The van der Waals surface area contributed by atoms with E-state index >= 15 is 0 Å². The molecule has 1 fully saturated rings. The molecule has 4 heteroatoms. The highest BCUT2D eigenvalue weighted by Gasteiger charge is 2.14. The van der Waals surface area contributed by atoms with Gasteiger partial charge in [-0.2, -0.15) is 0 Å². The number of aliphatic imine (C=N–C) groups is 1. The summed E-state index contributed by atoms with van der Waals surface area (Å²) in [5.74, 6) is 1.50. The maximum atomic E-state index is 6.06. The first kappa shape index (κ1) is 15.8. The molecular weight excluding hydrogens is 262 g/mol. The molecule has 0 saturated carbocycles. The van der Waals surface area contributed by atoms with Crippen LogP contribution in [-0.4, -0.2) is 31.6 Å². The van der Waals surface area contributed by atoms with E-state index in [1.165, 1.54) is 0 Å². The fourth-order valence-electron chi connectivity index (χ4n) is 2.22. The number of nitrogens with one attached hydrogen (secondary N) is 1. The number of benzene rings is 1. The molecular formula is C17H27N3O. The van der Waals surface area contributed by atoms with Gasteiger partial charge in [-0.3, -0.25) is 4.99 Å². The van der Waals surface area contributed by atoms with Crippen molar-refractivity contribution < 1.29 is 4.74 Å². The maximum Gasteiger partial charge on any atom is 0.125 e. The van der Waals surface area contributed by atoms with Gasteiger partial charge in [0, 0.05) is 12.1 Å². The lowest BCUT2D eigenvalue weighted by molar-refractivity contribution is 0.243. The summed E-state index contributed by atoms with van der Waals surface area (Å²) < 4.78 is 5.76. The van der Waals surface area contributed by atoms with Gasteiger partial charge in [-0.25, -0.2) is 0 Å². The summed E-state index contributed by atoms with van der Waals surface area (Å²) in [4.78, 5) is 4.56. The predicted octanol–water partition coefficient (Wildman–Crippen LogP) is 2.57. The van der Waals surface area contributed by atoms with Crippen LogP contribution in [0.5, 0.6) is 5.75 Å². The molecule has 3 N–H and O–H groups in total. The van der Waals surface area contributed by atoms with Gasteiger partial charge in [0.15, 0.2) is 0 Å². The fourth-order valence-corrected chi connectivity index (χ4v) is 2.22. The van der Waals surface area contributed by atoms with Crippen molar-refractivity contribution in [2.24, 2.45) is 16.1 Å². The molecule has 1 aliphatic heterocycles. The van der Waals surface area contributed by atoms with Gasteiger partial charge in [-0.1, -0.05) is 20.8 Å². The van der Waals surface area contributed by atoms with Crippen LogP contribution in [0.15, 0.2) is 29.3 Å². The Hall–Kier alpha value is -1.55. The van der Waals surface area contributed by atoms with Crippen LogP contribution < -0.4 is 15.8 Å². The largest absolute Gasteiger partial charge is 0.494 e. The molecule has 116 valence electrons. The standard InChI is InChI=1S/C17H27N3O/c1-17(2,3)9-11-21-15-6-4-13(5-7-15)16(18)20-14-8-10-19-12-14/h4-7,14,19H,8-12H2,1-3H3,(H2,18,20). The van der Waals surface area contributed by atoms with Crippen molar-refractivity contribution in [2.45, 2.75) is 39.7 Å². The summed E-state index contributed by atoms with van der Waals surface area (Å²) in [5.41, 5.74) is 7.32. The summed E-state index contributed by atoms with van der Waals surface area (Å²) in [7, 11) is 0. The molecule has 2 rings (SSSR count). The fraction of sp³-hybridized carbons (Fsp3) is 0.588. The minimum absolute atomic E-state index is 0.298. The van der Waals surface area contributed by atoms with Crippen LogP contribution >= 0.6 is 0 Å². The Labute approximate surface area is 127 Å². The number of rotatable bonds is 5. The molecule has 0 bridgehead atoms. The second kappa shape index (κ2) is 6.94. The number of amidine groups is 1. The van der Waals surface area contributed by atoms with Gasteiger partial charge >= 0.3 is 0 Å². The number of hydrogen-bond acceptors (Lipinski definition) is 3. The maximum absolute atomic E-state index is 6.06. The molecule has 21 heavy (non-hydrogen) atoms. The third kappa shape index (κ3) is 5.38. The zero-order valence-corrected chi connectivity index (χ0v) is 13.4. The Morgan fingerprint density at radius 2 is 2.05 bits per heavy atom. The lowest BCUT2D eigenvalue weighted by Gasteiger charge is -2.18. The average Bonchev–Trinajstić information content (AvgIpc) is 2.91. The molecule has 0 aliphatic carbocycles. The zero-order valence-electron chi connectivity index (χ0n) is 13.4. The van der Waals surface area contributed by atoms with E-state index in [1.54, 1.807) is 0 Å². The van der Waals surface area contributed by atoms with E-state index in [9.17, 15) is 0 Å². The van der Waals surface area contributed by atoms with Gasteiger partial charge in [0.2, 0.25) is 0 Å². The van der Waals surface area contributed by atoms with Crippen molar-refractivity contribution in [3.63, 3.8) is 0 Å². The van der Waals surface area contributed by atoms with Crippen molar-refractivity contribution in [3.8, 4) is 5.75 Å². The lowest BCUT2D eigenvalue weighted by Crippen LogP contribution is -2.19. The van der Waals surface area contributed by atoms with Gasteiger partial charge in [-0.05, 0) is 49.1 Å². The van der Waals surface area contributed by atoms with Crippen molar-refractivity contribution in [3.05, 3.63) is 29.8 Å². The summed E-state index contributed by atoms with van der Waals surface area (Å²) >= 11 is 0. The van der Waals surface area contributed by atoms with Crippen LogP contribution in [-0.2, 0) is 0 Å². The van der Waals surface area contributed by atoms with E-state index in [2.05, 4.69) is 31.1 Å². The molecule has 0 spiro atoms. The molecule has 0 amide bonds. The van der Waals surface area contributed by atoms with E-state index < -0.39 is 0 Å². The zero-order chi connectivity index (χ0) is 15.3. The van der Waals surface area contributed by atoms with Gasteiger partial charge < -0.3 is 15.8 Å². The van der Waals surface area contributed by atoms with Crippen LogP contribution in [0.3, 0.4) is 0 Å². The van der Waals surface area contributed by atoms with Crippen LogP contribution in [0.1, 0.15) is 39.2 Å².